The van der Waals surface area contributed by atoms with Crippen molar-refractivity contribution in [1.82, 2.24) is 4.90 Å². The Morgan fingerprint density at radius 1 is 1.06 bits per heavy atom. The molecule has 3 rings (SSSR count). The molecule has 7 nitrogen and oxygen atoms in total. The molecule has 0 atom stereocenters. The summed E-state index contributed by atoms with van der Waals surface area (Å²) in [5.41, 5.74) is 8.41. The molecule has 9 heteroatoms. The highest BCUT2D eigenvalue weighted by Gasteiger charge is 2.30. The van der Waals surface area contributed by atoms with Gasteiger partial charge in [0.2, 0.25) is 5.91 Å². The number of likely N-dealkylation sites (tertiary alicyclic amines) is 1. The summed E-state index contributed by atoms with van der Waals surface area (Å²) in [6, 6.07) is 7.71. The molecule has 0 aromatic heterocycles. The van der Waals surface area contributed by atoms with E-state index >= 15 is 0 Å². The number of anilines is 1. The average molecular weight is 485 g/mol. The number of hydrogen-bond donors (Lipinski definition) is 2. The van der Waals surface area contributed by atoms with Crippen molar-refractivity contribution in [3.05, 3.63) is 41.5 Å². The number of halogens is 2. The largest absolute Gasteiger partial charge is 0.460 e. The summed E-state index contributed by atoms with van der Waals surface area (Å²) >= 11 is 0. The summed E-state index contributed by atoms with van der Waals surface area (Å²) in [7, 11) is 0. The van der Waals surface area contributed by atoms with Crippen molar-refractivity contribution < 1.29 is 14.3 Å². The van der Waals surface area contributed by atoms with Gasteiger partial charge < -0.3 is 20.3 Å². The van der Waals surface area contributed by atoms with Crippen LogP contribution in [-0.4, -0.2) is 54.9 Å². The van der Waals surface area contributed by atoms with E-state index in [0.717, 1.165) is 55.6 Å². The molecule has 1 aromatic rings. The fourth-order valence-electron chi connectivity index (χ4n) is 4.09. The van der Waals surface area contributed by atoms with Crippen LogP contribution >= 0.6 is 24.8 Å². The second-order valence-electron chi connectivity index (χ2n) is 8.34. The molecule has 0 spiro atoms. The van der Waals surface area contributed by atoms with Crippen LogP contribution in [0.4, 0.5) is 5.69 Å². The number of benzene rings is 1. The number of rotatable bonds is 5. The van der Waals surface area contributed by atoms with E-state index in [1.54, 1.807) is 6.08 Å². The second-order valence-corrected chi connectivity index (χ2v) is 8.34. The Kier molecular flexibility index (Phi) is 11.0. The summed E-state index contributed by atoms with van der Waals surface area (Å²) < 4.78 is 5.17. The van der Waals surface area contributed by atoms with Gasteiger partial charge in [-0.2, -0.15) is 0 Å². The maximum absolute atomic E-state index is 12.9. The van der Waals surface area contributed by atoms with Crippen molar-refractivity contribution in [2.45, 2.75) is 45.6 Å². The van der Waals surface area contributed by atoms with Gasteiger partial charge in [-0.3, -0.25) is 10.2 Å². The maximum atomic E-state index is 12.9. The fourth-order valence-corrected chi connectivity index (χ4v) is 4.09. The van der Waals surface area contributed by atoms with Gasteiger partial charge in [0, 0.05) is 49.4 Å². The number of nitrogens with two attached hydrogens (primary N) is 1. The molecule has 2 saturated heterocycles. The molecule has 1 aromatic carbocycles. The molecule has 2 fully saturated rings. The fraction of sp³-hybridized carbons (Fsp3) is 0.522. The first-order valence-electron chi connectivity index (χ1n) is 10.7. The first-order chi connectivity index (χ1) is 14.3. The third-order valence-electron chi connectivity index (χ3n) is 5.78. The smallest absolute Gasteiger partial charge is 0.330 e. The summed E-state index contributed by atoms with van der Waals surface area (Å²) in [5.74, 6) is 0.0882. The molecule has 0 bridgehead atoms. The Labute approximate surface area is 202 Å². The van der Waals surface area contributed by atoms with Gasteiger partial charge in [-0.1, -0.05) is 5.57 Å². The van der Waals surface area contributed by atoms with Gasteiger partial charge in [0.05, 0.1) is 6.10 Å². The van der Waals surface area contributed by atoms with Crippen molar-refractivity contribution >= 4 is 48.2 Å². The van der Waals surface area contributed by atoms with E-state index in [2.05, 4.69) is 4.90 Å². The van der Waals surface area contributed by atoms with E-state index in [9.17, 15) is 9.59 Å². The molecule has 0 aliphatic carbocycles. The van der Waals surface area contributed by atoms with E-state index in [0.29, 0.717) is 13.1 Å². The highest BCUT2D eigenvalue weighted by molar-refractivity contribution is 5.95. The van der Waals surface area contributed by atoms with Crippen LogP contribution in [0.5, 0.6) is 0 Å². The number of piperidine rings is 2. The zero-order valence-corrected chi connectivity index (χ0v) is 20.3. The number of amides is 1. The molecule has 2 aliphatic rings. The van der Waals surface area contributed by atoms with Crippen LogP contribution in [0.25, 0.3) is 0 Å². The molecule has 0 saturated carbocycles. The molecule has 178 valence electrons. The van der Waals surface area contributed by atoms with Crippen LogP contribution in [0.15, 0.2) is 35.9 Å². The van der Waals surface area contributed by atoms with Gasteiger partial charge in [-0.05, 0) is 63.8 Å². The number of ether oxygens (including phenoxy) is 1. The van der Waals surface area contributed by atoms with Gasteiger partial charge in [-0.25, -0.2) is 4.79 Å². The highest BCUT2D eigenvalue weighted by atomic mass is 35.5. The number of nitrogens with zero attached hydrogens (tertiary/aromatic N) is 2. The van der Waals surface area contributed by atoms with E-state index in [-0.39, 0.29) is 54.5 Å². The summed E-state index contributed by atoms with van der Waals surface area (Å²) in [6.07, 6.45) is 4.63. The lowest BCUT2D eigenvalue weighted by Gasteiger charge is -2.37. The Morgan fingerprint density at radius 3 is 2.12 bits per heavy atom. The zero-order chi connectivity index (χ0) is 21.7. The van der Waals surface area contributed by atoms with Gasteiger partial charge >= 0.3 is 5.97 Å². The number of nitrogens with one attached hydrogen (secondary N) is 1. The molecule has 3 N–H and O–H groups in total. The maximum Gasteiger partial charge on any atom is 0.330 e. The van der Waals surface area contributed by atoms with Gasteiger partial charge in [0.1, 0.15) is 5.84 Å². The Morgan fingerprint density at radius 2 is 1.62 bits per heavy atom. The Hall–Kier alpha value is -2.25. The zero-order valence-electron chi connectivity index (χ0n) is 18.7. The predicted molar refractivity (Wildman–Crippen MR) is 132 cm³/mol. The normalized spacial score (nSPS) is 16.7. The summed E-state index contributed by atoms with van der Waals surface area (Å²) in [5, 5.41) is 7.49. The lowest BCUT2D eigenvalue weighted by atomic mass is 9.93. The molecule has 32 heavy (non-hydrogen) atoms. The minimum Gasteiger partial charge on any atom is -0.460 e. The SMILES string of the molecule is CC(C)OC(=O)C=C1CCN(C(=O)C2CCN(c3ccc(C(=N)N)cc3)CC2)CC1.Cl.Cl. The summed E-state index contributed by atoms with van der Waals surface area (Å²) in [6.45, 7) is 6.71. The van der Waals surface area contributed by atoms with Crippen molar-refractivity contribution in [3.63, 3.8) is 0 Å². The molecule has 0 unspecified atom stereocenters. The van der Waals surface area contributed by atoms with Gasteiger partial charge in [-0.15, -0.1) is 24.8 Å². The van der Waals surface area contributed by atoms with E-state index < -0.39 is 0 Å². The number of esters is 1. The quantitative estimate of drug-likeness (QED) is 0.288. The minimum atomic E-state index is -0.288. The summed E-state index contributed by atoms with van der Waals surface area (Å²) in [4.78, 5) is 29.0. The lowest BCUT2D eigenvalue weighted by molar-refractivity contribution is -0.141. The van der Waals surface area contributed by atoms with Gasteiger partial charge in [0.25, 0.3) is 0 Å². The van der Waals surface area contributed by atoms with E-state index in [4.69, 9.17) is 15.9 Å². The van der Waals surface area contributed by atoms with E-state index in [1.807, 2.05) is 43.0 Å². The molecular formula is C23H34Cl2N4O3. The van der Waals surface area contributed by atoms with Gasteiger partial charge in [0.15, 0.2) is 0 Å². The number of amidine groups is 1. The molecule has 0 radical (unpaired) electrons. The van der Waals surface area contributed by atoms with Crippen LogP contribution in [0.1, 0.15) is 45.1 Å². The van der Waals surface area contributed by atoms with Crippen LogP contribution in [-0.2, 0) is 14.3 Å². The third-order valence-corrected chi connectivity index (χ3v) is 5.78. The standard InChI is InChI=1S/C23H32N4O3.2ClH/c1-16(2)30-21(28)15-17-7-11-27(12-8-17)23(29)19-9-13-26(14-10-19)20-5-3-18(4-6-20)22(24)25;;/h3-6,15-16,19H,7-14H2,1-2H3,(H3,24,25);2*1H. The molecule has 2 heterocycles. The topological polar surface area (TPSA) is 99.7 Å². The van der Waals surface area contributed by atoms with Crippen molar-refractivity contribution in [2.24, 2.45) is 11.7 Å². The highest BCUT2D eigenvalue weighted by Crippen LogP contribution is 2.26. The number of hydrogen-bond acceptors (Lipinski definition) is 5. The second kappa shape index (κ2) is 12.7. The third kappa shape index (κ3) is 7.41. The molecule has 2 aliphatic heterocycles. The van der Waals surface area contributed by atoms with Crippen LogP contribution in [0, 0.1) is 11.3 Å². The van der Waals surface area contributed by atoms with Crippen molar-refractivity contribution in [1.29, 1.82) is 5.41 Å². The lowest BCUT2D eigenvalue weighted by Crippen LogP contribution is -2.44. The number of nitrogen functional groups attached to an aromatic ring is 1. The number of carbonyl (C=O) groups excluding carboxylic acids is 2. The van der Waals surface area contributed by atoms with Crippen LogP contribution < -0.4 is 10.6 Å². The molecular weight excluding hydrogens is 451 g/mol. The van der Waals surface area contributed by atoms with E-state index in [1.165, 1.54) is 0 Å². The molecule has 1 amide bonds. The van der Waals surface area contributed by atoms with Crippen molar-refractivity contribution in [2.75, 3.05) is 31.1 Å². The first kappa shape index (κ1) is 27.8. The monoisotopic (exact) mass is 484 g/mol. The predicted octanol–water partition coefficient (Wildman–Crippen LogP) is 3.53. The Balaban J connectivity index is 0.00000256. The Bertz CT molecular complexity index is 809. The van der Waals surface area contributed by atoms with Crippen LogP contribution in [0.3, 0.4) is 0 Å². The minimum absolute atomic E-state index is 0. The number of carbonyl (C=O) groups is 2. The van der Waals surface area contributed by atoms with Crippen LogP contribution in [0.2, 0.25) is 0 Å². The van der Waals surface area contributed by atoms with Crippen molar-refractivity contribution in [3.8, 4) is 0 Å². The average Bonchev–Trinajstić information content (AvgIpc) is 2.73. The first-order valence-corrected chi connectivity index (χ1v) is 10.7.